The van der Waals surface area contributed by atoms with Gasteiger partial charge >= 0.3 is 0 Å². The van der Waals surface area contributed by atoms with E-state index < -0.39 is 5.91 Å². The molecule has 1 amide bonds. The van der Waals surface area contributed by atoms with Crippen LogP contribution in [-0.2, 0) is 0 Å². The molecule has 0 atom stereocenters. The van der Waals surface area contributed by atoms with Crippen LogP contribution in [0.2, 0.25) is 0 Å². The molecule has 4 nitrogen and oxygen atoms in total. The number of carbonyl (C=O) groups is 1. The molecular weight excluding hydrogens is 186 g/mol. The van der Waals surface area contributed by atoms with Crippen LogP contribution in [-0.4, -0.2) is 21.6 Å². The SMILES string of the molecule is CCCSc1ncc(C(N)=O)cn1. The van der Waals surface area contributed by atoms with E-state index in [2.05, 4.69) is 16.9 Å². The van der Waals surface area contributed by atoms with Crippen LogP contribution in [0, 0.1) is 0 Å². The number of nitrogens with zero attached hydrogens (tertiary/aromatic N) is 2. The molecule has 0 aliphatic heterocycles. The van der Waals surface area contributed by atoms with Crippen LogP contribution in [0.5, 0.6) is 0 Å². The molecule has 5 heteroatoms. The quantitative estimate of drug-likeness (QED) is 0.579. The summed E-state index contributed by atoms with van der Waals surface area (Å²) >= 11 is 1.57. The Hall–Kier alpha value is -1.10. The molecule has 0 unspecified atom stereocenters. The molecule has 0 aliphatic carbocycles. The maximum atomic E-state index is 10.7. The van der Waals surface area contributed by atoms with Crippen molar-refractivity contribution in [3.05, 3.63) is 18.0 Å². The van der Waals surface area contributed by atoms with Crippen LogP contribution in [0.25, 0.3) is 0 Å². The first-order valence-corrected chi connectivity index (χ1v) is 4.97. The molecule has 1 rings (SSSR count). The molecule has 0 saturated carbocycles. The summed E-state index contributed by atoms with van der Waals surface area (Å²) in [6.07, 6.45) is 3.98. The van der Waals surface area contributed by atoms with Gasteiger partial charge in [0, 0.05) is 18.1 Å². The lowest BCUT2D eigenvalue weighted by Crippen LogP contribution is -2.11. The first-order valence-electron chi connectivity index (χ1n) is 3.98. The van der Waals surface area contributed by atoms with Crippen LogP contribution >= 0.6 is 11.8 Å². The number of primary amides is 1. The summed E-state index contributed by atoms with van der Waals surface area (Å²) < 4.78 is 0. The number of nitrogens with two attached hydrogens (primary N) is 1. The summed E-state index contributed by atoms with van der Waals surface area (Å²) in [5, 5.41) is 0.687. The Kier molecular flexibility index (Phi) is 3.70. The van der Waals surface area contributed by atoms with Gasteiger partial charge in [-0.3, -0.25) is 4.79 Å². The smallest absolute Gasteiger partial charge is 0.251 e. The van der Waals surface area contributed by atoms with E-state index in [0.29, 0.717) is 10.7 Å². The Morgan fingerprint density at radius 2 is 2.15 bits per heavy atom. The monoisotopic (exact) mass is 197 g/mol. The molecule has 0 bridgehead atoms. The van der Waals surface area contributed by atoms with Crippen LogP contribution in [0.15, 0.2) is 17.6 Å². The van der Waals surface area contributed by atoms with Crippen LogP contribution in [0.3, 0.4) is 0 Å². The Morgan fingerprint density at radius 3 is 2.62 bits per heavy atom. The molecule has 0 fully saturated rings. The van der Waals surface area contributed by atoms with Gasteiger partial charge in [-0.25, -0.2) is 9.97 Å². The van der Waals surface area contributed by atoms with Crippen molar-refractivity contribution in [1.29, 1.82) is 0 Å². The number of hydrogen-bond donors (Lipinski definition) is 1. The lowest BCUT2D eigenvalue weighted by atomic mass is 10.3. The van der Waals surface area contributed by atoms with E-state index in [9.17, 15) is 4.79 Å². The van der Waals surface area contributed by atoms with Gasteiger partial charge in [-0.2, -0.15) is 0 Å². The number of rotatable bonds is 4. The van der Waals surface area contributed by atoms with E-state index in [4.69, 9.17) is 5.73 Å². The molecule has 1 aromatic heterocycles. The van der Waals surface area contributed by atoms with Gasteiger partial charge in [0.1, 0.15) is 0 Å². The van der Waals surface area contributed by atoms with Gasteiger partial charge in [0.05, 0.1) is 5.56 Å². The second-order valence-corrected chi connectivity index (χ2v) is 3.53. The zero-order valence-electron chi connectivity index (χ0n) is 7.36. The zero-order valence-corrected chi connectivity index (χ0v) is 8.17. The maximum absolute atomic E-state index is 10.7. The Bertz CT molecular complexity index is 286. The number of thioether (sulfide) groups is 1. The second-order valence-electron chi connectivity index (χ2n) is 2.47. The largest absolute Gasteiger partial charge is 0.366 e. The summed E-state index contributed by atoms with van der Waals surface area (Å²) in [5.74, 6) is 0.489. The molecule has 0 aliphatic rings. The Morgan fingerprint density at radius 1 is 1.54 bits per heavy atom. The molecule has 0 spiro atoms. The van der Waals surface area contributed by atoms with E-state index in [1.165, 1.54) is 12.4 Å². The van der Waals surface area contributed by atoms with Crippen LogP contribution in [0.1, 0.15) is 23.7 Å². The molecule has 1 aromatic rings. The molecule has 0 saturated heterocycles. The van der Waals surface area contributed by atoms with E-state index >= 15 is 0 Å². The van der Waals surface area contributed by atoms with Gasteiger partial charge in [0.15, 0.2) is 5.16 Å². The molecule has 13 heavy (non-hydrogen) atoms. The Balaban J connectivity index is 2.64. The zero-order chi connectivity index (χ0) is 9.68. The highest BCUT2D eigenvalue weighted by Crippen LogP contribution is 2.12. The highest BCUT2D eigenvalue weighted by atomic mass is 32.2. The maximum Gasteiger partial charge on any atom is 0.251 e. The van der Waals surface area contributed by atoms with Crippen molar-refractivity contribution in [2.45, 2.75) is 18.5 Å². The van der Waals surface area contributed by atoms with Gasteiger partial charge in [-0.1, -0.05) is 18.7 Å². The van der Waals surface area contributed by atoms with Crippen molar-refractivity contribution in [3.63, 3.8) is 0 Å². The first-order chi connectivity index (χ1) is 6.24. The van der Waals surface area contributed by atoms with E-state index in [1.54, 1.807) is 11.8 Å². The second kappa shape index (κ2) is 4.81. The van der Waals surface area contributed by atoms with Crippen molar-refractivity contribution in [2.75, 3.05) is 5.75 Å². The summed E-state index contributed by atoms with van der Waals surface area (Å²) in [7, 11) is 0. The van der Waals surface area contributed by atoms with Gasteiger partial charge in [-0.05, 0) is 6.42 Å². The molecule has 1 heterocycles. The van der Waals surface area contributed by atoms with E-state index in [0.717, 1.165) is 12.2 Å². The number of amides is 1. The van der Waals surface area contributed by atoms with Gasteiger partial charge in [0.2, 0.25) is 0 Å². The van der Waals surface area contributed by atoms with E-state index in [-0.39, 0.29) is 0 Å². The summed E-state index contributed by atoms with van der Waals surface area (Å²) in [6.45, 7) is 2.09. The standard InChI is InChI=1S/C8H11N3OS/c1-2-3-13-8-10-4-6(5-11-8)7(9)12/h4-5H,2-3H2,1H3,(H2,9,12). The van der Waals surface area contributed by atoms with Gasteiger partial charge in [0.25, 0.3) is 5.91 Å². The number of hydrogen-bond acceptors (Lipinski definition) is 4. The third kappa shape index (κ3) is 3.02. The molecule has 0 radical (unpaired) electrons. The van der Waals surface area contributed by atoms with Crippen molar-refractivity contribution >= 4 is 17.7 Å². The van der Waals surface area contributed by atoms with Crippen molar-refractivity contribution in [3.8, 4) is 0 Å². The molecule has 0 aromatic carbocycles. The normalized spacial score (nSPS) is 9.92. The number of carbonyl (C=O) groups excluding carboxylic acids is 1. The average Bonchev–Trinajstić information content (AvgIpc) is 2.15. The highest BCUT2D eigenvalue weighted by Gasteiger charge is 2.01. The van der Waals surface area contributed by atoms with Crippen molar-refractivity contribution < 1.29 is 4.79 Å². The molecule has 70 valence electrons. The fourth-order valence-corrected chi connectivity index (χ4v) is 1.35. The van der Waals surface area contributed by atoms with Crippen LogP contribution < -0.4 is 5.73 Å². The minimum atomic E-state index is -0.493. The lowest BCUT2D eigenvalue weighted by molar-refractivity contribution is 0.0999. The lowest BCUT2D eigenvalue weighted by Gasteiger charge is -1.97. The van der Waals surface area contributed by atoms with Crippen molar-refractivity contribution in [2.24, 2.45) is 5.73 Å². The molecular formula is C8H11N3OS. The predicted octanol–water partition coefficient (Wildman–Crippen LogP) is 1.08. The first kappa shape index (κ1) is 9.98. The summed E-state index contributed by atoms with van der Waals surface area (Å²) in [4.78, 5) is 18.6. The number of aromatic nitrogens is 2. The third-order valence-corrected chi connectivity index (χ3v) is 2.43. The van der Waals surface area contributed by atoms with Gasteiger partial charge < -0.3 is 5.73 Å². The fourth-order valence-electron chi connectivity index (χ4n) is 0.711. The minimum Gasteiger partial charge on any atom is -0.366 e. The van der Waals surface area contributed by atoms with Gasteiger partial charge in [-0.15, -0.1) is 0 Å². The van der Waals surface area contributed by atoms with E-state index in [1.807, 2.05) is 0 Å². The predicted molar refractivity (Wildman–Crippen MR) is 51.6 cm³/mol. The minimum absolute atomic E-state index is 0.348. The average molecular weight is 197 g/mol. The van der Waals surface area contributed by atoms with Crippen molar-refractivity contribution in [1.82, 2.24) is 9.97 Å². The third-order valence-electron chi connectivity index (χ3n) is 1.35. The molecule has 2 N–H and O–H groups in total. The highest BCUT2D eigenvalue weighted by molar-refractivity contribution is 7.99. The Labute approximate surface area is 81.0 Å². The summed E-state index contributed by atoms with van der Waals surface area (Å²) in [5.41, 5.74) is 5.39. The topological polar surface area (TPSA) is 68.9 Å². The summed E-state index contributed by atoms with van der Waals surface area (Å²) in [6, 6.07) is 0. The fraction of sp³-hybridized carbons (Fsp3) is 0.375. The van der Waals surface area contributed by atoms with Crippen LogP contribution in [0.4, 0.5) is 0 Å².